The molecule has 2 aromatic rings. The van der Waals surface area contributed by atoms with Gasteiger partial charge in [0.15, 0.2) is 0 Å². The van der Waals surface area contributed by atoms with Gasteiger partial charge >= 0.3 is 6.09 Å². The molecule has 19 heavy (non-hydrogen) atoms. The van der Waals surface area contributed by atoms with Gasteiger partial charge in [-0.3, -0.25) is 4.79 Å². The fourth-order valence-electron chi connectivity index (χ4n) is 1.73. The van der Waals surface area contributed by atoms with Crippen LogP contribution in [0.5, 0.6) is 5.75 Å². The highest BCUT2D eigenvalue weighted by Crippen LogP contribution is 2.29. The maximum atomic E-state index is 11.3. The summed E-state index contributed by atoms with van der Waals surface area (Å²) in [6.45, 7) is 1.71. The predicted octanol–water partition coefficient (Wildman–Crippen LogP) is 1.81. The largest absolute Gasteiger partial charge is 0.461 e. The number of carbonyl (C=O) groups excluding carboxylic acids is 2. The van der Waals surface area contributed by atoms with Gasteiger partial charge in [0.05, 0.1) is 5.56 Å². The third-order valence-electron chi connectivity index (χ3n) is 2.44. The maximum absolute atomic E-state index is 11.3. The second-order valence-electron chi connectivity index (χ2n) is 3.91. The zero-order valence-corrected chi connectivity index (χ0v) is 10.2. The van der Waals surface area contributed by atoms with E-state index in [1.54, 1.807) is 31.2 Å². The van der Waals surface area contributed by atoms with E-state index in [1.807, 2.05) is 0 Å². The van der Waals surface area contributed by atoms with Crippen LogP contribution < -0.4 is 16.2 Å². The molecule has 6 nitrogen and oxygen atoms in total. The Kier molecular flexibility index (Phi) is 3.24. The average Bonchev–Trinajstić information content (AvgIpc) is 2.71. The molecule has 1 aromatic carbocycles. The van der Waals surface area contributed by atoms with Crippen molar-refractivity contribution in [3.05, 3.63) is 41.7 Å². The SMILES string of the molecule is Cc1cc(C(N)=O)c(-c2cccc(OC(N)=O)c2)o1. The molecule has 0 saturated heterocycles. The fraction of sp³-hybridized carbons (Fsp3) is 0.0769. The lowest BCUT2D eigenvalue weighted by Gasteiger charge is -2.04. The number of aryl methyl sites for hydroxylation is 1. The molecule has 6 heteroatoms. The van der Waals surface area contributed by atoms with E-state index in [0.717, 1.165) is 0 Å². The Morgan fingerprint density at radius 2 is 1.95 bits per heavy atom. The summed E-state index contributed by atoms with van der Waals surface area (Å²) < 4.78 is 10.2. The summed E-state index contributed by atoms with van der Waals surface area (Å²) in [7, 11) is 0. The molecule has 1 aromatic heterocycles. The van der Waals surface area contributed by atoms with Crippen LogP contribution in [0.4, 0.5) is 4.79 Å². The number of amides is 2. The molecule has 0 aliphatic rings. The van der Waals surface area contributed by atoms with E-state index in [4.69, 9.17) is 20.6 Å². The third kappa shape index (κ3) is 2.74. The van der Waals surface area contributed by atoms with Gasteiger partial charge in [0.25, 0.3) is 5.91 Å². The number of hydrogen-bond donors (Lipinski definition) is 2. The number of primary amides is 2. The van der Waals surface area contributed by atoms with E-state index in [-0.39, 0.29) is 11.3 Å². The number of nitrogens with two attached hydrogens (primary N) is 2. The highest BCUT2D eigenvalue weighted by Gasteiger charge is 2.16. The number of hydrogen-bond acceptors (Lipinski definition) is 4. The number of carbonyl (C=O) groups is 2. The molecule has 98 valence electrons. The Hall–Kier alpha value is -2.76. The lowest BCUT2D eigenvalue weighted by Crippen LogP contribution is -2.16. The Morgan fingerprint density at radius 3 is 2.58 bits per heavy atom. The van der Waals surface area contributed by atoms with E-state index in [9.17, 15) is 9.59 Å². The van der Waals surface area contributed by atoms with Gasteiger partial charge in [-0.2, -0.15) is 0 Å². The lowest BCUT2D eigenvalue weighted by atomic mass is 10.1. The molecule has 0 spiro atoms. The number of rotatable bonds is 3. The second kappa shape index (κ2) is 4.85. The van der Waals surface area contributed by atoms with Crippen LogP contribution in [0.1, 0.15) is 16.1 Å². The summed E-state index contributed by atoms with van der Waals surface area (Å²) in [5.74, 6) is 0.562. The zero-order chi connectivity index (χ0) is 14.0. The van der Waals surface area contributed by atoms with Gasteiger partial charge in [0.2, 0.25) is 0 Å². The average molecular weight is 260 g/mol. The van der Waals surface area contributed by atoms with E-state index in [0.29, 0.717) is 17.1 Å². The minimum atomic E-state index is -0.914. The van der Waals surface area contributed by atoms with Crippen molar-refractivity contribution in [2.24, 2.45) is 11.5 Å². The van der Waals surface area contributed by atoms with Gasteiger partial charge in [-0.25, -0.2) is 4.79 Å². The zero-order valence-electron chi connectivity index (χ0n) is 10.2. The highest BCUT2D eigenvalue weighted by molar-refractivity contribution is 5.98. The summed E-state index contributed by atoms with van der Waals surface area (Å²) in [4.78, 5) is 22.0. The van der Waals surface area contributed by atoms with Crippen LogP contribution in [0.2, 0.25) is 0 Å². The van der Waals surface area contributed by atoms with Crippen molar-refractivity contribution in [3.63, 3.8) is 0 Å². The maximum Gasteiger partial charge on any atom is 0.409 e. The Balaban J connectivity index is 2.47. The standard InChI is InChI=1S/C13H12N2O4/c1-7-5-10(12(14)16)11(18-7)8-3-2-4-9(6-8)19-13(15)17/h2-6H,1H3,(H2,14,16)(H2,15,17). The van der Waals surface area contributed by atoms with Gasteiger partial charge in [-0.15, -0.1) is 0 Å². The van der Waals surface area contributed by atoms with Gasteiger partial charge in [-0.05, 0) is 25.1 Å². The summed E-state index contributed by atoms with van der Waals surface area (Å²) in [5, 5.41) is 0. The van der Waals surface area contributed by atoms with Crippen LogP contribution in [0.25, 0.3) is 11.3 Å². The minimum Gasteiger partial charge on any atom is -0.461 e. The van der Waals surface area contributed by atoms with Crippen molar-refractivity contribution in [2.75, 3.05) is 0 Å². The quantitative estimate of drug-likeness (QED) is 0.876. The first-order valence-corrected chi connectivity index (χ1v) is 5.45. The van der Waals surface area contributed by atoms with E-state index >= 15 is 0 Å². The van der Waals surface area contributed by atoms with Crippen molar-refractivity contribution >= 4 is 12.0 Å². The van der Waals surface area contributed by atoms with Crippen LogP contribution in [0.3, 0.4) is 0 Å². The molecular weight excluding hydrogens is 248 g/mol. The number of benzene rings is 1. The smallest absolute Gasteiger partial charge is 0.409 e. The van der Waals surface area contributed by atoms with Crippen LogP contribution >= 0.6 is 0 Å². The first kappa shape index (κ1) is 12.7. The Morgan fingerprint density at radius 1 is 1.21 bits per heavy atom. The Bertz CT molecular complexity index is 646. The van der Waals surface area contributed by atoms with Gasteiger partial charge in [0.1, 0.15) is 17.3 Å². The second-order valence-corrected chi connectivity index (χ2v) is 3.91. The van der Waals surface area contributed by atoms with Crippen molar-refractivity contribution in [1.29, 1.82) is 0 Å². The van der Waals surface area contributed by atoms with Crippen molar-refractivity contribution in [1.82, 2.24) is 0 Å². The van der Waals surface area contributed by atoms with Gasteiger partial charge in [0, 0.05) is 5.56 Å². The first-order chi connectivity index (χ1) is 8.97. The molecule has 0 bridgehead atoms. The molecule has 0 aliphatic heterocycles. The number of furan rings is 1. The fourth-order valence-corrected chi connectivity index (χ4v) is 1.73. The highest BCUT2D eigenvalue weighted by atomic mass is 16.5. The lowest BCUT2D eigenvalue weighted by molar-refractivity contribution is 0.100. The molecule has 0 saturated carbocycles. The molecular formula is C13H12N2O4. The van der Waals surface area contributed by atoms with Crippen LogP contribution in [-0.4, -0.2) is 12.0 Å². The number of ether oxygens (including phenoxy) is 1. The summed E-state index contributed by atoms with van der Waals surface area (Å²) in [6, 6.07) is 8.01. The van der Waals surface area contributed by atoms with E-state index < -0.39 is 12.0 Å². The van der Waals surface area contributed by atoms with Gasteiger partial charge < -0.3 is 20.6 Å². The normalized spacial score (nSPS) is 10.2. The molecule has 0 aliphatic carbocycles. The molecule has 4 N–H and O–H groups in total. The van der Waals surface area contributed by atoms with Crippen molar-refractivity contribution in [3.8, 4) is 17.1 Å². The Labute approximate surface area is 108 Å². The summed E-state index contributed by atoms with van der Waals surface area (Å²) in [6.07, 6.45) is -0.914. The predicted molar refractivity (Wildman–Crippen MR) is 67.6 cm³/mol. The molecule has 2 rings (SSSR count). The molecule has 0 atom stereocenters. The van der Waals surface area contributed by atoms with Gasteiger partial charge in [-0.1, -0.05) is 12.1 Å². The summed E-state index contributed by atoms with van der Waals surface area (Å²) in [5.41, 5.74) is 11.1. The van der Waals surface area contributed by atoms with Crippen molar-refractivity contribution < 1.29 is 18.7 Å². The van der Waals surface area contributed by atoms with Crippen LogP contribution in [0, 0.1) is 6.92 Å². The minimum absolute atomic E-state index is 0.259. The molecule has 0 fully saturated rings. The van der Waals surface area contributed by atoms with Crippen LogP contribution in [-0.2, 0) is 0 Å². The topological polar surface area (TPSA) is 109 Å². The van der Waals surface area contributed by atoms with E-state index in [2.05, 4.69) is 0 Å². The molecule has 1 heterocycles. The first-order valence-electron chi connectivity index (χ1n) is 5.45. The van der Waals surface area contributed by atoms with Crippen molar-refractivity contribution in [2.45, 2.75) is 6.92 Å². The molecule has 0 unspecified atom stereocenters. The molecule has 2 amide bonds. The monoisotopic (exact) mass is 260 g/mol. The van der Waals surface area contributed by atoms with E-state index in [1.165, 1.54) is 6.07 Å². The summed E-state index contributed by atoms with van der Waals surface area (Å²) >= 11 is 0. The molecule has 0 radical (unpaired) electrons. The van der Waals surface area contributed by atoms with Crippen LogP contribution in [0.15, 0.2) is 34.7 Å². The third-order valence-corrected chi connectivity index (χ3v) is 2.44.